The number of ether oxygens (including phenoxy) is 2. The number of hydrogen-bond acceptors (Lipinski definition) is 4. The van der Waals surface area contributed by atoms with Crippen LogP contribution in [-0.2, 0) is 10.1 Å². The van der Waals surface area contributed by atoms with Crippen molar-refractivity contribution in [2.45, 2.75) is 18.6 Å². The highest BCUT2D eigenvalue weighted by Gasteiger charge is 2.34. The summed E-state index contributed by atoms with van der Waals surface area (Å²) in [5, 5.41) is -0.0363. The van der Waals surface area contributed by atoms with E-state index in [1.165, 1.54) is 6.92 Å². The van der Waals surface area contributed by atoms with E-state index in [-0.39, 0.29) is 17.6 Å². The van der Waals surface area contributed by atoms with Crippen molar-refractivity contribution >= 4 is 21.9 Å². The van der Waals surface area contributed by atoms with Crippen LogP contribution in [0.4, 0.5) is 13.2 Å². The predicted octanol–water partition coefficient (Wildman–Crippen LogP) is 2.35. The monoisotopic (exact) mass is 343 g/mol. The van der Waals surface area contributed by atoms with Gasteiger partial charge in [-0.25, -0.2) is 4.79 Å². The van der Waals surface area contributed by atoms with Gasteiger partial charge in [-0.3, -0.25) is 4.79 Å². The van der Waals surface area contributed by atoms with Crippen LogP contribution in [0.25, 0.3) is 0 Å². The van der Waals surface area contributed by atoms with Crippen LogP contribution in [0, 0.1) is 0 Å². The van der Waals surface area contributed by atoms with Crippen molar-refractivity contribution in [1.29, 1.82) is 0 Å². The van der Waals surface area contributed by atoms with Crippen LogP contribution >= 0.6 is 15.9 Å². The Balaban J connectivity index is 3.37. The summed E-state index contributed by atoms with van der Waals surface area (Å²) in [6.45, 7) is 1.48. The minimum Gasteiger partial charge on any atom is -0.462 e. The van der Waals surface area contributed by atoms with Crippen molar-refractivity contribution in [3.8, 4) is 5.75 Å². The topological polar surface area (TPSA) is 68.4 Å². The summed E-state index contributed by atoms with van der Waals surface area (Å²) in [6.07, 6.45) is -5.02. The number of aromatic nitrogens is 1. The van der Waals surface area contributed by atoms with Crippen LogP contribution in [-0.4, -0.2) is 23.9 Å². The van der Waals surface area contributed by atoms with Crippen molar-refractivity contribution in [3.05, 3.63) is 27.7 Å². The molecule has 9 heteroatoms. The number of pyridine rings is 1. The molecule has 0 fully saturated rings. The first-order valence-corrected chi connectivity index (χ1v) is 6.15. The third-order valence-corrected chi connectivity index (χ3v) is 2.48. The maximum Gasteiger partial charge on any atom is 0.573 e. The Kier molecular flexibility index (Phi) is 4.98. The van der Waals surface area contributed by atoms with Gasteiger partial charge in [0.2, 0.25) is 0 Å². The average Bonchev–Trinajstić information content (AvgIpc) is 2.25. The lowest BCUT2D eigenvalue weighted by atomic mass is 10.2. The van der Waals surface area contributed by atoms with E-state index in [9.17, 15) is 22.8 Å². The molecule has 1 N–H and O–H groups in total. The molecule has 0 aliphatic carbocycles. The lowest BCUT2D eigenvalue weighted by molar-refractivity contribution is -0.274. The van der Waals surface area contributed by atoms with Crippen molar-refractivity contribution in [3.63, 3.8) is 0 Å². The first-order valence-electron chi connectivity index (χ1n) is 5.03. The number of carbonyl (C=O) groups excluding carboxylic acids is 1. The van der Waals surface area contributed by atoms with Gasteiger partial charge in [0.05, 0.1) is 6.61 Å². The van der Waals surface area contributed by atoms with E-state index in [0.717, 1.165) is 0 Å². The summed E-state index contributed by atoms with van der Waals surface area (Å²) in [5.41, 5.74) is -1.33. The number of H-pyrrole nitrogens is 1. The zero-order valence-corrected chi connectivity index (χ0v) is 11.2. The third kappa shape index (κ3) is 4.27. The highest BCUT2D eigenvalue weighted by molar-refractivity contribution is 9.08. The zero-order valence-electron chi connectivity index (χ0n) is 9.64. The molecule has 0 aliphatic rings. The second-order valence-corrected chi connectivity index (χ2v) is 3.81. The number of esters is 1. The molecule has 1 aromatic rings. The molecule has 0 aliphatic heterocycles. The van der Waals surface area contributed by atoms with Gasteiger partial charge in [-0.05, 0) is 6.92 Å². The number of hydrogen-bond donors (Lipinski definition) is 1. The molecule has 0 aromatic carbocycles. The zero-order chi connectivity index (χ0) is 14.6. The molecule has 0 atom stereocenters. The van der Waals surface area contributed by atoms with Crippen molar-refractivity contribution in [2.75, 3.05) is 6.61 Å². The number of nitrogens with one attached hydrogen (secondary N) is 1. The minimum atomic E-state index is -5.02. The fourth-order valence-corrected chi connectivity index (χ4v) is 1.74. The number of halogens is 4. The SMILES string of the molecule is CCOC(=O)c1c(OC(F)(F)F)cc(=O)[nH]c1CBr. The Labute approximate surface area is 113 Å². The molecule has 19 heavy (non-hydrogen) atoms. The lowest BCUT2D eigenvalue weighted by Crippen LogP contribution is -2.23. The van der Waals surface area contributed by atoms with Crippen LogP contribution in [0.1, 0.15) is 23.0 Å². The molecular weight excluding hydrogens is 335 g/mol. The largest absolute Gasteiger partial charge is 0.573 e. The highest BCUT2D eigenvalue weighted by atomic mass is 79.9. The van der Waals surface area contributed by atoms with Gasteiger partial charge in [0.1, 0.15) is 5.56 Å². The number of carbonyl (C=O) groups is 1. The minimum absolute atomic E-state index is 0.0227. The van der Waals surface area contributed by atoms with E-state index in [2.05, 4.69) is 30.4 Å². The molecule has 106 valence electrons. The number of alkyl halides is 4. The second-order valence-electron chi connectivity index (χ2n) is 3.25. The molecule has 0 radical (unpaired) electrons. The van der Waals surface area contributed by atoms with Crippen molar-refractivity contribution < 1.29 is 27.4 Å². The molecule has 0 unspecified atom stereocenters. The first-order chi connectivity index (χ1) is 8.78. The van der Waals surface area contributed by atoms with Crippen LogP contribution in [0.15, 0.2) is 10.9 Å². The van der Waals surface area contributed by atoms with Crippen molar-refractivity contribution in [2.24, 2.45) is 0 Å². The molecule has 1 aromatic heterocycles. The van der Waals surface area contributed by atoms with Crippen LogP contribution < -0.4 is 10.3 Å². The summed E-state index contributed by atoms with van der Waals surface area (Å²) in [5.74, 6) is -1.89. The lowest BCUT2D eigenvalue weighted by Gasteiger charge is -2.14. The van der Waals surface area contributed by atoms with E-state index in [0.29, 0.717) is 6.07 Å². The first kappa shape index (κ1) is 15.5. The summed E-state index contributed by atoms with van der Waals surface area (Å²) in [7, 11) is 0. The molecule has 1 rings (SSSR count). The quantitative estimate of drug-likeness (QED) is 0.673. The molecule has 1 heterocycles. The van der Waals surface area contributed by atoms with E-state index in [4.69, 9.17) is 0 Å². The van der Waals surface area contributed by atoms with Gasteiger partial charge in [-0.15, -0.1) is 13.2 Å². The predicted molar refractivity (Wildman–Crippen MR) is 62.3 cm³/mol. The number of aromatic amines is 1. The summed E-state index contributed by atoms with van der Waals surface area (Å²) < 4.78 is 45.0. The maximum absolute atomic E-state index is 12.2. The molecule has 0 amide bonds. The van der Waals surface area contributed by atoms with E-state index in [1.807, 2.05) is 0 Å². The van der Waals surface area contributed by atoms with E-state index >= 15 is 0 Å². The average molecular weight is 344 g/mol. The standard InChI is InChI=1S/C10H9BrF3NO4/c1-2-18-9(17)8-5(4-11)15-7(16)3-6(8)19-10(12,13)14/h3H,2,4H2,1H3,(H,15,16). The molecule has 0 bridgehead atoms. The van der Waals surface area contributed by atoms with Gasteiger partial charge in [-0.2, -0.15) is 0 Å². The van der Waals surface area contributed by atoms with Gasteiger partial charge in [0.25, 0.3) is 5.56 Å². The fourth-order valence-electron chi connectivity index (χ4n) is 1.32. The molecule has 0 saturated carbocycles. The van der Waals surface area contributed by atoms with Crippen LogP contribution in [0.3, 0.4) is 0 Å². The third-order valence-electron chi connectivity index (χ3n) is 1.92. The van der Waals surface area contributed by atoms with Crippen molar-refractivity contribution in [1.82, 2.24) is 4.98 Å². The molecule has 0 spiro atoms. The molecule has 0 saturated heterocycles. The van der Waals surface area contributed by atoms with E-state index < -0.39 is 29.2 Å². The van der Waals surface area contributed by atoms with Gasteiger partial charge < -0.3 is 14.5 Å². The highest BCUT2D eigenvalue weighted by Crippen LogP contribution is 2.28. The van der Waals surface area contributed by atoms with Gasteiger partial charge in [0, 0.05) is 17.1 Å². The summed E-state index contributed by atoms with van der Waals surface area (Å²) >= 11 is 2.96. The Hall–Kier alpha value is -1.51. The van der Waals surface area contributed by atoms with Gasteiger partial charge >= 0.3 is 12.3 Å². The Morgan fingerprint density at radius 2 is 2.11 bits per heavy atom. The number of rotatable bonds is 4. The summed E-state index contributed by atoms with van der Waals surface area (Å²) in [6, 6.07) is 0.548. The van der Waals surface area contributed by atoms with Crippen LogP contribution in [0.5, 0.6) is 5.75 Å². The fraction of sp³-hybridized carbons (Fsp3) is 0.400. The Bertz CT molecular complexity index is 526. The van der Waals surface area contributed by atoms with Crippen LogP contribution in [0.2, 0.25) is 0 Å². The van der Waals surface area contributed by atoms with Gasteiger partial charge in [-0.1, -0.05) is 15.9 Å². The normalized spacial score (nSPS) is 11.2. The molecular formula is C10H9BrF3NO4. The van der Waals surface area contributed by atoms with E-state index in [1.54, 1.807) is 0 Å². The summed E-state index contributed by atoms with van der Waals surface area (Å²) in [4.78, 5) is 25.1. The Morgan fingerprint density at radius 1 is 1.47 bits per heavy atom. The second kappa shape index (κ2) is 6.09. The molecule has 5 nitrogen and oxygen atoms in total. The Morgan fingerprint density at radius 3 is 2.58 bits per heavy atom. The smallest absolute Gasteiger partial charge is 0.462 e. The van der Waals surface area contributed by atoms with Gasteiger partial charge in [0.15, 0.2) is 5.75 Å². The maximum atomic E-state index is 12.2.